The lowest BCUT2D eigenvalue weighted by Crippen LogP contribution is -2.43. The van der Waals surface area contributed by atoms with Gasteiger partial charge < -0.3 is 5.32 Å². The molecular formula is C19H32N2. The maximum atomic E-state index is 3.42. The van der Waals surface area contributed by atoms with Gasteiger partial charge in [0.2, 0.25) is 0 Å². The Balaban J connectivity index is 2.42. The minimum Gasteiger partial charge on any atom is -0.319 e. The summed E-state index contributed by atoms with van der Waals surface area (Å²) in [5, 5.41) is 3.42. The van der Waals surface area contributed by atoms with Gasteiger partial charge in [-0.2, -0.15) is 0 Å². The molecule has 2 rings (SSSR count). The maximum Gasteiger partial charge on any atom is 0.0393 e. The third-order valence-corrected chi connectivity index (χ3v) is 4.87. The second-order valence-electron chi connectivity index (χ2n) is 6.75. The van der Waals surface area contributed by atoms with Gasteiger partial charge in [0, 0.05) is 6.04 Å². The van der Waals surface area contributed by atoms with Gasteiger partial charge in [0.1, 0.15) is 0 Å². The Bertz CT molecular complexity index is 426. The van der Waals surface area contributed by atoms with Gasteiger partial charge in [-0.1, -0.05) is 24.6 Å². The maximum absolute atomic E-state index is 3.42. The summed E-state index contributed by atoms with van der Waals surface area (Å²) in [5.41, 5.74) is 5.92. The Hall–Kier alpha value is -0.860. The average molecular weight is 288 g/mol. The molecule has 118 valence electrons. The van der Waals surface area contributed by atoms with Crippen molar-refractivity contribution in [2.75, 3.05) is 26.7 Å². The number of piperidine rings is 1. The number of hydrogen-bond acceptors (Lipinski definition) is 2. The summed E-state index contributed by atoms with van der Waals surface area (Å²) < 4.78 is 0. The first kappa shape index (κ1) is 16.5. The number of likely N-dealkylation sites (tertiary alicyclic amines) is 1. The fourth-order valence-corrected chi connectivity index (χ4v) is 4.24. The molecule has 1 aliphatic rings. The summed E-state index contributed by atoms with van der Waals surface area (Å²) in [6.07, 6.45) is 3.93. The van der Waals surface area contributed by atoms with Crippen LogP contribution in [0.2, 0.25) is 0 Å². The van der Waals surface area contributed by atoms with Crippen LogP contribution in [0.15, 0.2) is 12.1 Å². The van der Waals surface area contributed by atoms with Crippen LogP contribution in [0.1, 0.15) is 54.5 Å². The van der Waals surface area contributed by atoms with Crippen LogP contribution >= 0.6 is 0 Å². The Labute approximate surface area is 130 Å². The molecule has 2 nitrogen and oxygen atoms in total. The van der Waals surface area contributed by atoms with Crippen molar-refractivity contribution < 1.29 is 0 Å². The Morgan fingerprint density at radius 2 is 1.86 bits per heavy atom. The predicted molar refractivity (Wildman–Crippen MR) is 91.9 cm³/mol. The van der Waals surface area contributed by atoms with Gasteiger partial charge in [0.05, 0.1) is 0 Å². The van der Waals surface area contributed by atoms with E-state index in [2.05, 4.69) is 57.1 Å². The van der Waals surface area contributed by atoms with Crippen molar-refractivity contribution in [1.82, 2.24) is 10.2 Å². The molecular weight excluding hydrogens is 256 g/mol. The molecule has 0 radical (unpaired) electrons. The van der Waals surface area contributed by atoms with Crippen molar-refractivity contribution in [2.45, 2.75) is 53.0 Å². The Morgan fingerprint density at radius 3 is 2.43 bits per heavy atom. The minimum atomic E-state index is 0.590. The van der Waals surface area contributed by atoms with E-state index in [0.29, 0.717) is 6.04 Å². The van der Waals surface area contributed by atoms with Gasteiger partial charge in [-0.05, 0) is 89.3 Å². The summed E-state index contributed by atoms with van der Waals surface area (Å²) in [6, 6.07) is 5.31. The molecule has 0 spiro atoms. The van der Waals surface area contributed by atoms with E-state index in [1.807, 2.05) is 0 Å². The van der Waals surface area contributed by atoms with Crippen molar-refractivity contribution in [2.24, 2.45) is 5.92 Å². The first-order chi connectivity index (χ1) is 10.1. The highest BCUT2D eigenvalue weighted by atomic mass is 15.2. The number of hydrogen-bond donors (Lipinski definition) is 1. The molecule has 0 aliphatic carbocycles. The lowest BCUT2D eigenvalue weighted by Gasteiger charge is -2.43. The number of benzene rings is 1. The summed E-state index contributed by atoms with van der Waals surface area (Å²) >= 11 is 0. The molecule has 0 aromatic heterocycles. The zero-order valence-corrected chi connectivity index (χ0v) is 14.5. The highest BCUT2D eigenvalue weighted by Crippen LogP contribution is 2.39. The van der Waals surface area contributed by atoms with E-state index in [9.17, 15) is 0 Å². The monoisotopic (exact) mass is 288 g/mol. The lowest BCUT2D eigenvalue weighted by atomic mass is 9.80. The second-order valence-corrected chi connectivity index (χ2v) is 6.75. The van der Waals surface area contributed by atoms with Crippen LogP contribution in [0.25, 0.3) is 0 Å². The first-order valence-electron chi connectivity index (χ1n) is 8.54. The summed E-state index contributed by atoms with van der Waals surface area (Å²) in [6.45, 7) is 12.7. The van der Waals surface area contributed by atoms with Crippen LogP contribution in [0.3, 0.4) is 0 Å². The van der Waals surface area contributed by atoms with Crippen molar-refractivity contribution in [3.05, 3.63) is 34.4 Å². The van der Waals surface area contributed by atoms with E-state index < -0.39 is 0 Å². The zero-order chi connectivity index (χ0) is 15.4. The van der Waals surface area contributed by atoms with Gasteiger partial charge in [0.15, 0.2) is 0 Å². The molecule has 1 aromatic rings. The zero-order valence-electron chi connectivity index (χ0n) is 14.5. The molecule has 0 saturated carbocycles. The summed E-state index contributed by atoms with van der Waals surface area (Å²) in [7, 11) is 2.09. The Kier molecular flexibility index (Phi) is 5.83. The minimum absolute atomic E-state index is 0.590. The number of aryl methyl sites for hydroxylation is 3. The molecule has 21 heavy (non-hydrogen) atoms. The van der Waals surface area contributed by atoms with E-state index in [0.717, 1.165) is 12.5 Å². The van der Waals surface area contributed by atoms with E-state index in [4.69, 9.17) is 0 Å². The summed E-state index contributed by atoms with van der Waals surface area (Å²) in [5.74, 6) is 0.732. The third-order valence-electron chi connectivity index (χ3n) is 4.87. The van der Waals surface area contributed by atoms with E-state index in [-0.39, 0.29) is 0 Å². The topological polar surface area (TPSA) is 15.3 Å². The number of nitrogens with one attached hydrogen (secondary N) is 1. The molecule has 0 bridgehead atoms. The van der Waals surface area contributed by atoms with Gasteiger partial charge in [-0.15, -0.1) is 0 Å². The molecule has 2 unspecified atom stereocenters. The molecule has 2 heteroatoms. The van der Waals surface area contributed by atoms with Gasteiger partial charge >= 0.3 is 0 Å². The van der Waals surface area contributed by atoms with Crippen LogP contribution in [-0.4, -0.2) is 31.6 Å². The van der Waals surface area contributed by atoms with Gasteiger partial charge in [-0.3, -0.25) is 4.90 Å². The third kappa shape index (κ3) is 3.67. The Morgan fingerprint density at radius 1 is 1.19 bits per heavy atom. The second kappa shape index (κ2) is 7.42. The molecule has 1 aliphatic heterocycles. The molecule has 1 saturated heterocycles. The smallest absolute Gasteiger partial charge is 0.0393 e. The fourth-order valence-electron chi connectivity index (χ4n) is 4.24. The van der Waals surface area contributed by atoms with Gasteiger partial charge in [0.25, 0.3) is 0 Å². The standard InChI is InChI=1S/C19H32N2/c1-6-9-21-10-7-8-17(13-20-5)19(21)18-15(3)11-14(2)12-16(18)4/h11-12,17,19-20H,6-10,13H2,1-5H3. The predicted octanol–water partition coefficient (Wildman–Crippen LogP) is 3.99. The molecule has 1 aromatic carbocycles. The van der Waals surface area contributed by atoms with E-state index in [1.54, 1.807) is 5.56 Å². The van der Waals surface area contributed by atoms with Crippen molar-refractivity contribution in [3.8, 4) is 0 Å². The SMILES string of the molecule is CCCN1CCCC(CNC)C1c1c(C)cc(C)cc1C. The normalized spacial score (nSPS) is 23.5. The van der Waals surface area contributed by atoms with Crippen LogP contribution < -0.4 is 5.32 Å². The molecule has 1 N–H and O–H groups in total. The van der Waals surface area contributed by atoms with Crippen LogP contribution in [0.4, 0.5) is 0 Å². The van der Waals surface area contributed by atoms with Crippen molar-refractivity contribution >= 4 is 0 Å². The fraction of sp³-hybridized carbons (Fsp3) is 0.684. The van der Waals surface area contributed by atoms with E-state index in [1.165, 1.54) is 49.0 Å². The number of rotatable bonds is 5. The molecule has 0 amide bonds. The quantitative estimate of drug-likeness (QED) is 0.881. The molecule has 1 heterocycles. The highest BCUT2D eigenvalue weighted by molar-refractivity contribution is 5.40. The first-order valence-corrected chi connectivity index (χ1v) is 8.54. The van der Waals surface area contributed by atoms with Crippen LogP contribution in [-0.2, 0) is 0 Å². The van der Waals surface area contributed by atoms with Crippen molar-refractivity contribution in [1.29, 1.82) is 0 Å². The average Bonchev–Trinajstić information content (AvgIpc) is 2.41. The number of nitrogens with zero attached hydrogens (tertiary/aromatic N) is 1. The lowest BCUT2D eigenvalue weighted by molar-refractivity contribution is 0.0915. The van der Waals surface area contributed by atoms with Crippen molar-refractivity contribution in [3.63, 3.8) is 0 Å². The van der Waals surface area contributed by atoms with E-state index >= 15 is 0 Å². The molecule has 2 atom stereocenters. The summed E-state index contributed by atoms with van der Waals surface area (Å²) in [4.78, 5) is 2.73. The largest absolute Gasteiger partial charge is 0.319 e. The van der Waals surface area contributed by atoms with Gasteiger partial charge in [-0.25, -0.2) is 0 Å². The molecule has 1 fully saturated rings. The highest BCUT2D eigenvalue weighted by Gasteiger charge is 2.33. The van der Waals surface area contributed by atoms with Crippen LogP contribution in [0, 0.1) is 26.7 Å². The van der Waals surface area contributed by atoms with Crippen LogP contribution in [0.5, 0.6) is 0 Å².